The van der Waals surface area contributed by atoms with Crippen LogP contribution in [-0.4, -0.2) is 23.1 Å². The van der Waals surface area contributed by atoms with Gasteiger partial charge in [-0.15, -0.1) is 0 Å². The molecule has 8 nitrogen and oxygen atoms in total. The van der Waals surface area contributed by atoms with Crippen molar-refractivity contribution in [3.8, 4) is 5.75 Å². The van der Waals surface area contributed by atoms with Crippen molar-refractivity contribution in [2.45, 2.75) is 6.42 Å². The van der Waals surface area contributed by atoms with Gasteiger partial charge in [0.1, 0.15) is 6.20 Å². The van der Waals surface area contributed by atoms with E-state index in [1.54, 1.807) is 6.07 Å². The van der Waals surface area contributed by atoms with E-state index in [9.17, 15) is 10.1 Å². The fraction of sp³-hybridized carbons (Fsp3) is 0.375. The second-order valence-corrected chi connectivity index (χ2v) is 2.74. The largest absolute Gasteiger partial charge is 0.486 e. The highest BCUT2D eigenvalue weighted by Crippen LogP contribution is 2.22. The smallest absolute Gasteiger partial charge is 0.406 e. The van der Waals surface area contributed by atoms with E-state index in [0.29, 0.717) is 13.0 Å². The lowest BCUT2D eigenvalue weighted by Crippen LogP contribution is -2.02. The zero-order valence-corrected chi connectivity index (χ0v) is 8.31. The number of hydrogen-bond acceptors (Lipinski definition) is 5. The summed E-state index contributed by atoms with van der Waals surface area (Å²) in [6.07, 6.45) is 1.82. The van der Waals surface area contributed by atoms with E-state index in [1.807, 2.05) is 0 Å². The first-order valence-corrected chi connectivity index (χ1v) is 4.48. The van der Waals surface area contributed by atoms with Gasteiger partial charge in [0.05, 0.1) is 6.61 Å². The summed E-state index contributed by atoms with van der Waals surface area (Å²) in [5.41, 5.74) is 8.02. The molecule has 1 aromatic rings. The van der Waals surface area contributed by atoms with Gasteiger partial charge in [-0.1, -0.05) is 5.11 Å². The molecular formula is C8H9N5O3. The fourth-order valence-corrected chi connectivity index (χ4v) is 0.994. The lowest BCUT2D eigenvalue weighted by molar-refractivity contribution is -0.390. The normalized spacial score (nSPS) is 9.25. The van der Waals surface area contributed by atoms with Crippen molar-refractivity contribution >= 4 is 5.82 Å². The Kier molecular flexibility index (Phi) is 4.55. The molecule has 0 saturated heterocycles. The van der Waals surface area contributed by atoms with Crippen molar-refractivity contribution in [1.29, 1.82) is 0 Å². The highest BCUT2D eigenvalue weighted by molar-refractivity contribution is 5.38. The molecule has 0 amide bonds. The Hall–Kier alpha value is -2.34. The molecule has 0 aromatic carbocycles. The lowest BCUT2D eigenvalue weighted by Gasteiger charge is -2.04. The lowest BCUT2D eigenvalue weighted by atomic mass is 10.4. The molecule has 0 N–H and O–H groups in total. The average molecular weight is 223 g/mol. The molecule has 0 saturated carbocycles. The third-order valence-electron chi connectivity index (χ3n) is 1.65. The van der Waals surface area contributed by atoms with Gasteiger partial charge in [0, 0.05) is 11.5 Å². The second-order valence-electron chi connectivity index (χ2n) is 2.74. The molecule has 0 radical (unpaired) electrons. The number of rotatable bonds is 6. The minimum absolute atomic E-state index is 0.119. The van der Waals surface area contributed by atoms with E-state index < -0.39 is 4.92 Å². The summed E-state index contributed by atoms with van der Waals surface area (Å²) < 4.78 is 5.16. The van der Waals surface area contributed by atoms with Crippen LogP contribution in [0.5, 0.6) is 5.75 Å². The topological polar surface area (TPSA) is 114 Å². The van der Waals surface area contributed by atoms with E-state index in [-0.39, 0.29) is 18.2 Å². The molecule has 1 heterocycles. The highest BCUT2D eigenvalue weighted by Gasteiger charge is 2.14. The van der Waals surface area contributed by atoms with Gasteiger partial charge in [-0.2, -0.15) is 0 Å². The summed E-state index contributed by atoms with van der Waals surface area (Å²) in [5.74, 6) is -0.195. The molecule has 16 heavy (non-hydrogen) atoms. The Morgan fingerprint density at radius 3 is 3.19 bits per heavy atom. The molecule has 0 aliphatic heterocycles. The molecule has 1 rings (SSSR count). The number of nitro groups is 1. The summed E-state index contributed by atoms with van der Waals surface area (Å²) >= 11 is 0. The SMILES string of the molecule is [N-]=[N+]=NCCCOc1cccnc1[N+](=O)[O-]. The van der Waals surface area contributed by atoms with E-state index in [1.165, 1.54) is 12.3 Å². The summed E-state index contributed by atoms with van der Waals surface area (Å²) in [5, 5.41) is 13.9. The molecule has 0 bridgehead atoms. The van der Waals surface area contributed by atoms with E-state index in [4.69, 9.17) is 10.3 Å². The number of hydrogen-bond donors (Lipinski definition) is 0. The Balaban J connectivity index is 2.53. The second kappa shape index (κ2) is 6.20. The highest BCUT2D eigenvalue weighted by atomic mass is 16.6. The predicted molar refractivity (Wildman–Crippen MR) is 55.0 cm³/mol. The summed E-state index contributed by atoms with van der Waals surface area (Å²) in [4.78, 5) is 16.1. The molecule has 84 valence electrons. The standard InChI is InChI=1S/C8H9N5O3/c9-12-11-5-2-6-16-7-3-1-4-10-8(7)13(14)15/h1,3-4H,2,5-6H2. The maximum atomic E-state index is 10.6. The van der Waals surface area contributed by atoms with Gasteiger partial charge >= 0.3 is 5.82 Å². The molecule has 0 fully saturated rings. The number of ether oxygens (including phenoxy) is 1. The van der Waals surface area contributed by atoms with Gasteiger partial charge in [0.15, 0.2) is 0 Å². The number of azide groups is 1. The van der Waals surface area contributed by atoms with Gasteiger partial charge in [-0.25, -0.2) is 0 Å². The quantitative estimate of drug-likeness (QED) is 0.183. The minimum Gasteiger partial charge on any atom is -0.486 e. The monoisotopic (exact) mass is 223 g/mol. The van der Waals surface area contributed by atoms with Crippen molar-refractivity contribution in [1.82, 2.24) is 4.98 Å². The average Bonchev–Trinajstić information content (AvgIpc) is 2.29. The van der Waals surface area contributed by atoms with Crippen LogP contribution in [0.1, 0.15) is 6.42 Å². The molecule has 0 spiro atoms. The van der Waals surface area contributed by atoms with Crippen LogP contribution in [0, 0.1) is 10.1 Å². The van der Waals surface area contributed by atoms with Crippen LogP contribution in [0.4, 0.5) is 5.82 Å². The number of nitrogens with zero attached hydrogens (tertiary/aromatic N) is 5. The Labute approximate surface area is 90.6 Å². The van der Waals surface area contributed by atoms with Gasteiger partial charge in [0.25, 0.3) is 0 Å². The summed E-state index contributed by atoms with van der Waals surface area (Å²) in [6, 6.07) is 3.02. The Morgan fingerprint density at radius 1 is 1.69 bits per heavy atom. The Morgan fingerprint density at radius 2 is 2.50 bits per heavy atom. The van der Waals surface area contributed by atoms with Crippen molar-refractivity contribution in [3.05, 3.63) is 38.9 Å². The first kappa shape index (κ1) is 11.7. The third-order valence-corrected chi connectivity index (χ3v) is 1.65. The van der Waals surface area contributed by atoms with Gasteiger partial charge in [-0.05, 0) is 34.0 Å². The molecule has 0 unspecified atom stereocenters. The first-order chi connectivity index (χ1) is 7.75. The first-order valence-electron chi connectivity index (χ1n) is 4.48. The van der Waals surface area contributed by atoms with Crippen LogP contribution in [0.3, 0.4) is 0 Å². The molecule has 0 aliphatic carbocycles. The molecule has 0 aliphatic rings. The summed E-state index contributed by atoms with van der Waals surface area (Å²) in [6.45, 7) is 0.538. The van der Waals surface area contributed by atoms with Crippen molar-refractivity contribution in [2.24, 2.45) is 5.11 Å². The molecular weight excluding hydrogens is 214 g/mol. The number of pyridine rings is 1. The maximum Gasteiger partial charge on any atom is 0.406 e. The van der Waals surface area contributed by atoms with E-state index >= 15 is 0 Å². The van der Waals surface area contributed by atoms with Crippen molar-refractivity contribution < 1.29 is 9.66 Å². The molecule has 1 aromatic heterocycles. The summed E-state index contributed by atoms with van der Waals surface area (Å²) in [7, 11) is 0. The van der Waals surface area contributed by atoms with Crippen LogP contribution in [0.2, 0.25) is 0 Å². The third kappa shape index (κ3) is 3.43. The zero-order chi connectivity index (χ0) is 11.8. The predicted octanol–water partition coefficient (Wildman–Crippen LogP) is 2.07. The van der Waals surface area contributed by atoms with E-state index in [2.05, 4.69) is 15.0 Å². The number of aromatic nitrogens is 1. The van der Waals surface area contributed by atoms with Gasteiger partial charge in [0.2, 0.25) is 5.75 Å². The maximum absolute atomic E-state index is 10.6. The van der Waals surface area contributed by atoms with Crippen LogP contribution < -0.4 is 4.74 Å². The van der Waals surface area contributed by atoms with Crippen molar-refractivity contribution in [3.63, 3.8) is 0 Å². The van der Waals surface area contributed by atoms with Gasteiger partial charge in [-0.3, -0.25) is 0 Å². The van der Waals surface area contributed by atoms with Crippen LogP contribution in [0.15, 0.2) is 23.4 Å². The van der Waals surface area contributed by atoms with Crippen molar-refractivity contribution in [2.75, 3.05) is 13.2 Å². The fourth-order valence-electron chi connectivity index (χ4n) is 0.994. The Bertz CT molecular complexity index is 416. The van der Waals surface area contributed by atoms with E-state index in [0.717, 1.165) is 0 Å². The molecule has 0 atom stereocenters. The minimum atomic E-state index is -0.608. The molecule has 8 heteroatoms. The van der Waals surface area contributed by atoms with Gasteiger partial charge < -0.3 is 14.9 Å². The van der Waals surface area contributed by atoms with Crippen LogP contribution >= 0.6 is 0 Å². The van der Waals surface area contributed by atoms with Crippen LogP contribution in [-0.2, 0) is 0 Å². The van der Waals surface area contributed by atoms with Crippen LogP contribution in [0.25, 0.3) is 10.4 Å². The zero-order valence-electron chi connectivity index (χ0n) is 8.31.